The number of nitrogens with zero attached hydrogens (tertiary/aromatic N) is 1. The maximum Gasteiger partial charge on any atom is 0.127 e. The summed E-state index contributed by atoms with van der Waals surface area (Å²) >= 11 is 6.97. The monoisotopic (exact) mass is 342 g/mol. The summed E-state index contributed by atoms with van der Waals surface area (Å²) < 4.78 is 2.01. The number of halogens is 2. The Balaban J connectivity index is 2.69. The van der Waals surface area contributed by atoms with Gasteiger partial charge < -0.3 is 5.73 Å². The maximum atomic E-state index is 5.94. The van der Waals surface area contributed by atoms with Crippen LogP contribution in [0.3, 0.4) is 0 Å². The Morgan fingerprint density at radius 1 is 1.25 bits per heavy atom. The molecular weight excluding hydrogens is 332 g/mol. The molecule has 0 spiro atoms. The molecule has 1 aromatic carbocycles. The molecular formula is C12H12Br2N2. The molecule has 2 nitrogen and oxygen atoms in total. The molecule has 0 fully saturated rings. The number of rotatable bonds is 2. The van der Waals surface area contributed by atoms with E-state index in [0.29, 0.717) is 5.82 Å². The van der Waals surface area contributed by atoms with Gasteiger partial charge in [0.1, 0.15) is 5.82 Å². The molecule has 16 heavy (non-hydrogen) atoms. The number of pyridine rings is 1. The van der Waals surface area contributed by atoms with Crippen molar-refractivity contribution in [1.82, 2.24) is 4.98 Å². The Kier molecular flexibility index (Phi) is 3.50. The van der Waals surface area contributed by atoms with Crippen molar-refractivity contribution in [2.24, 2.45) is 0 Å². The molecule has 1 aromatic heterocycles. The molecule has 0 bridgehead atoms. The molecule has 0 radical (unpaired) electrons. The van der Waals surface area contributed by atoms with Crippen LogP contribution in [0.15, 0.2) is 27.1 Å². The average Bonchev–Trinajstić information content (AvgIpc) is 2.21. The zero-order valence-electron chi connectivity index (χ0n) is 8.93. The number of hydrogen-bond acceptors (Lipinski definition) is 2. The first-order chi connectivity index (χ1) is 7.61. The number of hydrogen-bond donors (Lipinski definition) is 1. The van der Waals surface area contributed by atoms with Gasteiger partial charge in [-0.3, -0.25) is 0 Å². The smallest absolute Gasteiger partial charge is 0.127 e. The number of aryl methyl sites for hydroxylation is 1. The van der Waals surface area contributed by atoms with E-state index in [2.05, 4.69) is 55.9 Å². The predicted molar refractivity (Wildman–Crippen MR) is 75.6 cm³/mol. The van der Waals surface area contributed by atoms with Gasteiger partial charge in [-0.2, -0.15) is 0 Å². The Labute approximate surface area is 112 Å². The van der Waals surface area contributed by atoms with Crippen LogP contribution >= 0.6 is 31.9 Å². The molecule has 2 rings (SSSR count). The average molecular weight is 344 g/mol. The summed E-state index contributed by atoms with van der Waals surface area (Å²) in [6.07, 6.45) is 2.05. The second kappa shape index (κ2) is 4.72. The van der Waals surface area contributed by atoms with Crippen molar-refractivity contribution in [3.8, 4) is 0 Å². The van der Waals surface area contributed by atoms with Crippen molar-refractivity contribution in [1.29, 1.82) is 0 Å². The highest BCUT2D eigenvalue weighted by molar-refractivity contribution is 9.11. The van der Waals surface area contributed by atoms with Crippen LogP contribution in [0.4, 0.5) is 5.82 Å². The zero-order chi connectivity index (χ0) is 11.7. The van der Waals surface area contributed by atoms with E-state index in [9.17, 15) is 0 Å². The van der Waals surface area contributed by atoms with E-state index < -0.39 is 0 Å². The van der Waals surface area contributed by atoms with Crippen LogP contribution in [0, 0.1) is 0 Å². The standard InChI is InChI=1S/C12H12Br2N2/c1-2-3-7-4-8-5-9(13)6-10(14)11(8)16-12(7)15/h4-6H,2-3H2,1H3,(H2,15,16). The number of anilines is 1. The van der Waals surface area contributed by atoms with Gasteiger partial charge in [0, 0.05) is 14.3 Å². The fourth-order valence-corrected chi connectivity index (χ4v) is 3.08. The minimum Gasteiger partial charge on any atom is -0.383 e. The Hall–Kier alpha value is -0.610. The Morgan fingerprint density at radius 3 is 2.69 bits per heavy atom. The molecule has 1 heterocycles. The van der Waals surface area contributed by atoms with Gasteiger partial charge in [-0.15, -0.1) is 0 Å². The normalized spacial score (nSPS) is 10.9. The van der Waals surface area contributed by atoms with Crippen molar-refractivity contribution < 1.29 is 0 Å². The van der Waals surface area contributed by atoms with E-state index >= 15 is 0 Å². The van der Waals surface area contributed by atoms with Gasteiger partial charge in [0.2, 0.25) is 0 Å². The second-order valence-electron chi connectivity index (χ2n) is 3.74. The number of nitrogens with two attached hydrogens (primary N) is 1. The first kappa shape index (κ1) is 11.9. The quantitative estimate of drug-likeness (QED) is 0.883. The first-order valence-corrected chi connectivity index (χ1v) is 6.74. The van der Waals surface area contributed by atoms with Crippen LogP contribution in [0.2, 0.25) is 0 Å². The number of benzene rings is 1. The lowest BCUT2D eigenvalue weighted by molar-refractivity contribution is 0.921. The molecule has 2 N–H and O–H groups in total. The zero-order valence-corrected chi connectivity index (χ0v) is 12.1. The lowest BCUT2D eigenvalue weighted by atomic mass is 10.1. The molecule has 4 heteroatoms. The van der Waals surface area contributed by atoms with E-state index in [1.165, 1.54) is 0 Å². The molecule has 0 aliphatic rings. The highest BCUT2D eigenvalue weighted by Crippen LogP contribution is 2.29. The third kappa shape index (κ3) is 2.23. The van der Waals surface area contributed by atoms with Crippen LogP contribution in [0.25, 0.3) is 10.9 Å². The molecule has 2 aromatic rings. The minimum atomic E-state index is 0.636. The van der Waals surface area contributed by atoms with Crippen LogP contribution < -0.4 is 5.73 Å². The van der Waals surface area contributed by atoms with Crippen LogP contribution in [-0.4, -0.2) is 4.98 Å². The molecule has 0 saturated heterocycles. The van der Waals surface area contributed by atoms with Gasteiger partial charge >= 0.3 is 0 Å². The molecule has 0 unspecified atom stereocenters. The molecule has 0 atom stereocenters. The lowest BCUT2D eigenvalue weighted by Crippen LogP contribution is -1.98. The molecule has 0 amide bonds. The summed E-state index contributed by atoms with van der Waals surface area (Å²) in [5.41, 5.74) is 7.98. The van der Waals surface area contributed by atoms with Crippen LogP contribution in [0.1, 0.15) is 18.9 Å². The summed E-state index contributed by atoms with van der Waals surface area (Å²) in [6.45, 7) is 2.14. The second-order valence-corrected chi connectivity index (χ2v) is 5.51. The summed E-state index contributed by atoms with van der Waals surface area (Å²) in [4.78, 5) is 4.44. The summed E-state index contributed by atoms with van der Waals surface area (Å²) in [5.74, 6) is 0.636. The van der Waals surface area contributed by atoms with Crippen molar-refractivity contribution in [2.45, 2.75) is 19.8 Å². The van der Waals surface area contributed by atoms with Crippen LogP contribution in [-0.2, 0) is 6.42 Å². The van der Waals surface area contributed by atoms with E-state index in [0.717, 1.165) is 38.3 Å². The third-order valence-corrected chi connectivity index (χ3v) is 3.53. The predicted octanol–water partition coefficient (Wildman–Crippen LogP) is 4.29. The van der Waals surface area contributed by atoms with E-state index in [1.54, 1.807) is 0 Å². The Bertz CT molecular complexity index is 538. The van der Waals surface area contributed by atoms with E-state index in [1.807, 2.05) is 6.07 Å². The van der Waals surface area contributed by atoms with Gasteiger partial charge in [-0.05, 0) is 46.1 Å². The minimum absolute atomic E-state index is 0.636. The molecule has 0 saturated carbocycles. The SMILES string of the molecule is CCCc1cc2cc(Br)cc(Br)c2nc1N. The number of fused-ring (bicyclic) bond motifs is 1. The van der Waals surface area contributed by atoms with Crippen LogP contribution in [0.5, 0.6) is 0 Å². The number of nitrogen functional groups attached to an aromatic ring is 1. The first-order valence-electron chi connectivity index (χ1n) is 5.16. The van der Waals surface area contributed by atoms with E-state index in [-0.39, 0.29) is 0 Å². The topological polar surface area (TPSA) is 38.9 Å². The van der Waals surface area contributed by atoms with Gasteiger partial charge in [0.05, 0.1) is 5.52 Å². The highest BCUT2D eigenvalue weighted by atomic mass is 79.9. The largest absolute Gasteiger partial charge is 0.383 e. The highest BCUT2D eigenvalue weighted by Gasteiger charge is 2.07. The van der Waals surface area contributed by atoms with Crippen molar-refractivity contribution >= 4 is 48.6 Å². The summed E-state index contributed by atoms with van der Waals surface area (Å²) in [6, 6.07) is 6.16. The Morgan fingerprint density at radius 2 is 2.00 bits per heavy atom. The van der Waals surface area contributed by atoms with Crippen molar-refractivity contribution in [2.75, 3.05) is 5.73 Å². The molecule has 0 aliphatic heterocycles. The van der Waals surface area contributed by atoms with Gasteiger partial charge in [-0.1, -0.05) is 29.3 Å². The molecule has 0 aliphatic carbocycles. The fraction of sp³-hybridized carbons (Fsp3) is 0.250. The van der Waals surface area contributed by atoms with Gasteiger partial charge in [-0.25, -0.2) is 4.98 Å². The van der Waals surface area contributed by atoms with E-state index in [4.69, 9.17) is 5.73 Å². The number of aromatic nitrogens is 1. The van der Waals surface area contributed by atoms with Gasteiger partial charge in [0.15, 0.2) is 0 Å². The summed E-state index contributed by atoms with van der Waals surface area (Å²) in [7, 11) is 0. The van der Waals surface area contributed by atoms with Gasteiger partial charge in [0.25, 0.3) is 0 Å². The fourth-order valence-electron chi connectivity index (χ4n) is 1.74. The molecule has 84 valence electrons. The van der Waals surface area contributed by atoms with Crippen molar-refractivity contribution in [3.63, 3.8) is 0 Å². The maximum absolute atomic E-state index is 5.94. The summed E-state index contributed by atoms with van der Waals surface area (Å²) in [5, 5.41) is 1.11. The lowest BCUT2D eigenvalue weighted by Gasteiger charge is -2.07. The third-order valence-electron chi connectivity index (χ3n) is 2.47. The van der Waals surface area contributed by atoms with Crippen molar-refractivity contribution in [3.05, 3.63) is 32.7 Å².